The third-order valence-electron chi connectivity index (χ3n) is 3.49. The number of para-hydroxylation sites is 1. The third kappa shape index (κ3) is 5.76. The number of esters is 1. The minimum absolute atomic E-state index is 0.107. The molecular formula is C19H20N2O4. The van der Waals surface area contributed by atoms with Crippen LogP contribution in [0.2, 0.25) is 0 Å². The van der Waals surface area contributed by atoms with Crippen molar-refractivity contribution in [1.29, 1.82) is 0 Å². The Morgan fingerprint density at radius 3 is 2.32 bits per heavy atom. The first-order chi connectivity index (χ1) is 12.1. The molecule has 25 heavy (non-hydrogen) atoms. The van der Waals surface area contributed by atoms with Gasteiger partial charge >= 0.3 is 5.97 Å². The smallest absolute Gasteiger partial charge is 0.339 e. The zero-order valence-electron chi connectivity index (χ0n) is 14.0. The van der Waals surface area contributed by atoms with Gasteiger partial charge in [0, 0.05) is 13.0 Å². The van der Waals surface area contributed by atoms with Crippen molar-refractivity contribution in [2.45, 2.75) is 12.8 Å². The van der Waals surface area contributed by atoms with Gasteiger partial charge in [-0.1, -0.05) is 42.5 Å². The van der Waals surface area contributed by atoms with Gasteiger partial charge in [0.05, 0.1) is 24.8 Å². The molecule has 0 aliphatic heterocycles. The molecule has 2 aromatic carbocycles. The highest BCUT2D eigenvalue weighted by molar-refractivity contribution is 6.01. The first kappa shape index (κ1) is 18.2. The largest absolute Gasteiger partial charge is 0.465 e. The van der Waals surface area contributed by atoms with Gasteiger partial charge in [0.2, 0.25) is 11.8 Å². The maximum absolute atomic E-state index is 12.0. The minimum Gasteiger partial charge on any atom is -0.465 e. The first-order valence-corrected chi connectivity index (χ1v) is 7.88. The zero-order chi connectivity index (χ0) is 18.1. The van der Waals surface area contributed by atoms with E-state index in [1.54, 1.807) is 24.3 Å². The number of hydrogen-bond acceptors (Lipinski definition) is 4. The van der Waals surface area contributed by atoms with Crippen LogP contribution in [0.15, 0.2) is 54.6 Å². The second-order valence-electron chi connectivity index (χ2n) is 5.35. The molecule has 0 aliphatic rings. The van der Waals surface area contributed by atoms with E-state index in [1.165, 1.54) is 7.11 Å². The lowest BCUT2D eigenvalue weighted by Gasteiger charge is -2.10. The highest BCUT2D eigenvalue weighted by Crippen LogP contribution is 2.16. The maximum Gasteiger partial charge on any atom is 0.339 e. The minimum atomic E-state index is -0.521. The summed E-state index contributed by atoms with van der Waals surface area (Å²) in [6.45, 7) is 0.220. The van der Waals surface area contributed by atoms with Crippen LogP contribution in [0.25, 0.3) is 0 Å². The van der Waals surface area contributed by atoms with Crippen molar-refractivity contribution in [3.8, 4) is 0 Å². The van der Waals surface area contributed by atoms with Crippen LogP contribution in [0.5, 0.6) is 0 Å². The molecule has 0 aliphatic carbocycles. The van der Waals surface area contributed by atoms with Gasteiger partial charge in [-0.25, -0.2) is 4.79 Å². The Balaban J connectivity index is 1.80. The second-order valence-corrected chi connectivity index (χ2v) is 5.35. The fraction of sp³-hybridized carbons (Fsp3) is 0.211. The van der Waals surface area contributed by atoms with Gasteiger partial charge in [-0.15, -0.1) is 0 Å². The van der Waals surface area contributed by atoms with E-state index in [0.29, 0.717) is 5.69 Å². The van der Waals surface area contributed by atoms with E-state index in [0.717, 1.165) is 5.56 Å². The predicted octanol–water partition coefficient (Wildman–Crippen LogP) is 2.16. The number of rotatable bonds is 7. The average molecular weight is 340 g/mol. The molecule has 0 radical (unpaired) electrons. The lowest BCUT2D eigenvalue weighted by molar-refractivity contribution is -0.120. The number of nitrogens with one attached hydrogen (secondary N) is 2. The van der Waals surface area contributed by atoms with Crippen LogP contribution in [0, 0.1) is 0 Å². The maximum atomic E-state index is 12.0. The Morgan fingerprint density at radius 2 is 1.60 bits per heavy atom. The molecule has 0 aromatic heterocycles. The van der Waals surface area contributed by atoms with Gasteiger partial charge in [0.25, 0.3) is 0 Å². The topological polar surface area (TPSA) is 84.5 Å². The summed E-state index contributed by atoms with van der Waals surface area (Å²) >= 11 is 0. The number of ether oxygens (including phenoxy) is 1. The Hall–Kier alpha value is -3.15. The molecule has 2 amide bonds. The molecule has 0 unspecified atom stereocenters. The van der Waals surface area contributed by atoms with Crippen LogP contribution < -0.4 is 10.6 Å². The highest BCUT2D eigenvalue weighted by Gasteiger charge is 2.13. The molecule has 2 aromatic rings. The molecule has 2 N–H and O–H groups in total. The summed E-state index contributed by atoms with van der Waals surface area (Å²) in [6.07, 6.45) is 0.379. The van der Waals surface area contributed by atoms with Crippen LogP contribution in [0.3, 0.4) is 0 Å². The Bertz CT molecular complexity index is 744. The van der Waals surface area contributed by atoms with Gasteiger partial charge in [-0.05, 0) is 17.7 Å². The average Bonchev–Trinajstić information content (AvgIpc) is 2.62. The van der Waals surface area contributed by atoms with Crippen LogP contribution in [-0.2, 0) is 20.7 Å². The standard InChI is InChI=1S/C19H20N2O4/c1-25-19(24)15-9-5-6-10-16(15)21-17(22)11-12-20-18(23)13-14-7-3-2-4-8-14/h2-10H,11-13H2,1H3,(H,20,23)(H,21,22). The highest BCUT2D eigenvalue weighted by atomic mass is 16.5. The van der Waals surface area contributed by atoms with E-state index in [9.17, 15) is 14.4 Å². The molecule has 0 bridgehead atoms. The van der Waals surface area contributed by atoms with Crippen molar-refractivity contribution in [3.63, 3.8) is 0 Å². The van der Waals surface area contributed by atoms with E-state index >= 15 is 0 Å². The van der Waals surface area contributed by atoms with Gasteiger partial charge in [0.1, 0.15) is 0 Å². The van der Waals surface area contributed by atoms with Crippen molar-refractivity contribution in [2.24, 2.45) is 0 Å². The van der Waals surface area contributed by atoms with Crippen molar-refractivity contribution in [2.75, 3.05) is 19.0 Å². The summed E-state index contributed by atoms with van der Waals surface area (Å²) < 4.78 is 4.68. The molecule has 0 spiro atoms. The summed E-state index contributed by atoms with van der Waals surface area (Å²) in [7, 11) is 1.28. The molecule has 0 atom stereocenters. The normalized spacial score (nSPS) is 9.96. The number of anilines is 1. The fourth-order valence-corrected chi connectivity index (χ4v) is 2.25. The quantitative estimate of drug-likeness (QED) is 0.757. The number of methoxy groups -OCH3 is 1. The fourth-order valence-electron chi connectivity index (χ4n) is 2.25. The summed E-state index contributed by atoms with van der Waals surface area (Å²) in [6, 6.07) is 16.0. The van der Waals surface area contributed by atoms with E-state index in [1.807, 2.05) is 30.3 Å². The number of hydrogen-bond donors (Lipinski definition) is 2. The predicted molar refractivity (Wildman–Crippen MR) is 94.2 cm³/mol. The SMILES string of the molecule is COC(=O)c1ccccc1NC(=O)CCNC(=O)Cc1ccccc1. The Kier molecular flexibility index (Phi) is 6.71. The molecule has 2 rings (SSSR count). The third-order valence-corrected chi connectivity index (χ3v) is 3.49. The molecule has 0 fully saturated rings. The summed E-state index contributed by atoms with van der Waals surface area (Å²) in [5.41, 5.74) is 1.58. The molecule has 0 heterocycles. The molecule has 6 heteroatoms. The van der Waals surface area contributed by atoms with Crippen LogP contribution in [0.1, 0.15) is 22.3 Å². The van der Waals surface area contributed by atoms with Gasteiger partial charge in [-0.2, -0.15) is 0 Å². The van der Waals surface area contributed by atoms with E-state index in [-0.39, 0.29) is 36.8 Å². The number of benzene rings is 2. The Labute approximate surface area is 146 Å². The second kappa shape index (κ2) is 9.22. The number of carbonyl (C=O) groups excluding carboxylic acids is 3. The lowest BCUT2D eigenvalue weighted by atomic mass is 10.1. The van der Waals surface area contributed by atoms with Crippen LogP contribution >= 0.6 is 0 Å². The van der Waals surface area contributed by atoms with Crippen LogP contribution in [-0.4, -0.2) is 31.4 Å². The summed E-state index contributed by atoms with van der Waals surface area (Å²) in [4.78, 5) is 35.5. The van der Waals surface area contributed by atoms with Gasteiger partial charge in [0.15, 0.2) is 0 Å². The van der Waals surface area contributed by atoms with Gasteiger partial charge < -0.3 is 15.4 Å². The van der Waals surface area contributed by atoms with Crippen molar-refractivity contribution in [1.82, 2.24) is 5.32 Å². The lowest BCUT2D eigenvalue weighted by Crippen LogP contribution is -2.29. The number of amides is 2. The van der Waals surface area contributed by atoms with E-state index in [4.69, 9.17) is 0 Å². The first-order valence-electron chi connectivity index (χ1n) is 7.88. The van der Waals surface area contributed by atoms with Crippen LogP contribution in [0.4, 0.5) is 5.69 Å². The molecular weight excluding hydrogens is 320 g/mol. The monoisotopic (exact) mass is 340 g/mol. The summed E-state index contributed by atoms with van der Waals surface area (Å²) in [5, 5.41) is 5.36. The van der Waals surface area contributed by atoms with Gasteiger partial charge in [-0.3, -0.25) is 9.59 Å². The molecule has 0 saturated carbocycles. The van der Waals surface area contributed by atoms with E-state index in [2.05, 4.69) is 15.4 Å². The number of carbonyl (C=O) groups is 3. The summed E-state index contributed by atoms with van der Waals surface area (Å²) in [5.74, 6) is -0.961. The zero-order valence-corrected chi connectivity index (χ0v) is 14.0. The van der Waals surface area contributed by atoms with Crippen molar-refractivity contribution in [3.05, 3.63) is 65.7 Å². The van der Waals surface area contributed by atoms with E-state index < -0.39 is 5.97 Å². The Morgan fingerprint density at radius 1 is 0.920 bits per heavy atom. The molecule has 6 nitrogen and oxygen atoms in total. The van der Waals surface area contributed by atoms with Crippen molar-refractivity contribution < 1.29 is 19.1 Å². The molecule has 0 saturated heterocycles. The molecule has 130 valence electrons. The van der Waals surface area contributed by atoms with Crippen molar-refractivity contribution >= 4 is 23.5 Å².